The normalized spacial score (nSPS) is 22.7. The number of amides is 1. The Morgan fingerprint density at radius 3 is 2.41 bits per heavy atom. The molecule has 1 amide bonds. The molecule has 0 spiro atoms. The summed E-state index contributed by atoms with van der Waals surface area (Å²) in [5, 5.41) is 19.3. The number of likely N-dealkylation sites (tertiary alicyclic amines) is 1. The smallest absolute Gasteiger partial charge is 0.408 e. The van der Waals surface area contributed by atoms with Crippen LogP contribution >= 0.6 is 0 Å². The summed E-state index contributed by atoms with van der Waals surface area (Å²) in [6.45, 7) is 7.86. The van der Waals surface area contributed by atoms with Crippen molar-refractivity contribution in [2.24, 2.45) is 5.92 Å². The van der Waals surface area contributed by atoms with E-state index < -0.39 is 11.6 Å². The van der Waals surface area contributed by atoms with Crippen LogP contribution in [0.4, 0.5) is 4.79 Å². The molecule has 0 aromatic heterocycles. The zero-order valence-corrected chi connectivity index (χ0v) is 13.6. The zero-order chi connectivity index (χ0) is 16.3. The van der Waals surface area contributed by atoms with Gasteiger partial charge in [-0.25, -0.2) is 4.79 Å². The molecular formula is C17H26N2O3. The van der Waals surface area contributed by atoms with Gasteiger partial charge in [0.2, 0.25) is 0 Å². The summed E-state index contributed by atoms with van der Waals surface area (Å²) < 4.78 is 0. The molecule has 1 aromatic carbocycles. The van der Waals surface area contributed by atoms with E-state index in [1.807, 2.05) is 39.0 Å². The standard InChI is InChI=1S/C17H26N2O3/c1-17(2,3)19(16(21)22)15-11-18(10-14(15)12-20)9-13-7-5-4-6-8-13/h4-8,14-15,20H,9-12H2,1-3H3,(H,21,22). The van der Waals surface area contributed by atoms with Crippen LogP contribution in [0, 0.1) is 5.92 Å². The van der Waals surface area contributed by atoms with Crippen LogP contribution in [0.5, 0.6) is 0 Å². The molecule has 5 nitrogen and oxygen atoms in total. The van der Waals surface area contributed by atoms with Gasteiger partial charge in [0, 0.05) is 37.7 Å². The molecule has 1 saturated heterocycles. The van der Waals surface area contributed by atoms with E-state index in [-0.39, 0.29) is 18.6 Å². The Kier molecular flexibility index (Phi) is 5.08. The maximum Gasteiger partial charge on any atom is 0.408 e. The predicted molar refractivity (Wildman–Crippen MR) is 85.7 cm³/mol. The summed E-state index contributed by atoms with van der Waals surface area (Å²) in [6.07, 6.45) is -0.919. The van der Waals surface area contributed by atoms with Gasteiger partial charge in [-0.1, -0.05) is 30.3 Å². The van der Waals surface area contributed by atoms with Gasteiger partial charge in [-0.2, -0.15) is 0 Å². The summed E-state index contributed by atoms with van der Waals surface area (Å²) in [5.74, 6) is -0.0426. The number of aliphatic hydroxyl groups excluding tert-OH is 1. The third kappa shape index (κ3) is 3.78. The van der Waals surface area contributed by atoms with Gasteiger partial charge in [-0.05, 0) is 26.3 Å². The second kappa shape index (κ2) is 6.67. The first-order chi connectivity index (χ1) is 10.3. The van der Waals surface area contributed by atoms with Crippen molar-refractivity contribution in [1.82, 2.24) is 9.80 Å². The number of nitrogens with zero attached hydrogens (tertiary/aromatic N) is 2. The molecule has 1 aliphatic rings. The van der Waals surface area contributed by atoms with E-state index in [1.165, 1.54) is 10.5 Å². The van der Waals surface area contributed by atoms with Crippen molar-refractivity contribution >= 4 is 6.09 Å². The minimum absolute atomic E-state index is 0.00974. The quantitative estimate of drug-likeness (QED) is 0.895. The summed E-state index contributed by atoms with van der Waals surface area (Å²) in [4.78, 5) is 15.4. The van der Waals surface area contributed by atoms with Gasteiger partial charge in [-0.15, -0.1) is 0 Å². The van der Waals surface area contributed by atoms with E-state index in [0.717, 1.165) is 13.1 Å². The average Bonchev–Trinajstić information content (AvgIpc) is 2.80. The molecule has 2 atom stereocenters. The topological polar surface area (TPSA) is 64.0 Å². The van der Waals surface area contributed by atoms with Crippen LogP contribution in [0.15, 0.2) is 30.3 Å². The summed E-state index contributed by atoms with van der Waals surface area (Å²) in [7, 11) is 0. The number of rotatable bonds is 4. The van der Waals surface area contributed by atoms with Crippen molar-refractivity contribution in [2.45, 2.75) is 38.9 Å². The summed E-state index contributed by atoms with van der Waals surface area (Å²) in [5.41, 5.74) is 0.727. The van der Waals surface area contributed by atoms with Crippen molar-refractivity contribution < 1.29 is 15.0 Å². The predicted octanol–water partition coefficient (Wildman–Crippen LogP) is 2.26. The second-order valence-corrected chi connectivity index (χ2v) is 7.01. The summed E-state index contributed by atoms with van der Waals surface area (Å²) in [6, 6.07) is 9.96. The Bertz CT molecular complexity index is 498. The largest absolute Gasteiger partial charge is 0.465 e. The van der Waals surface area contributed by atoms with Crippen LogP contribution in [0.1, 0.15) is 26.3 Å². The molecule has 1 heterocycles. The zero-order valence-electron chi connectivity index (χ0n) is 13.6. The number of carboxylic acid groups (broad SMARTS) is 1. The van der Waals surface area contributed by atoms with Crippen molar-refractivity contribution in [3.63, 3.8) is 0 Å². The van der Waals surface area contributed by atoms with Crippen LogP contribution in [0.25, 0.3) is 0 Å². The first-order valence-corrected chi connectivity index (χ1v) is 7.72. The summed E-state index contributed by atoms with van der Waals surface area (Å²) >= 11 is 0. The fourth-order valence-electron chi connectivity index (χ4n) is 3.31. The molecule has 122 valence electrons. The first kappa shape index (κ1) is 16.8. The van der Waals surface area contributed by atoms with Gasteiger partial charge in [0.25, 0.3) is 0 Å². The highest BCUT2D eigenvalue weighted by atomic mass is 16.4. The molecule has 2 unspecified atom stereocenters. The van der Waals surface area contributed by atoms with E-state index in [1.54, 1.807) is 0 Å². The molecule has 0 saturated carbocycles. The molecule has 2 rings (SSSR count). The lowest BCUT2D eigenvalue weighted by Crippen LogP contribution is -2.54. The average molecular weight is 306 g/mol. The number of hydrogen-bond donors (Lipinski definition) is 2. The Hall–Kier alpha value is -1.59. The molecule has 0 bridgehead atoms. The fourth-order valence-corrected chi connectivity index (χ4v) is 3.31. The Morgan fingerprint density at radius 1 is 1.27 bits per heavy atom. The fraction of sp³-hybridized carbons (Fsp3) is 0.588. The highest BCUT2D eigenvalue weighted by Gasteiger charge is 2.42. The van der Waals surface area contributed by atoms with Crippen molar-refractivity contribution in [2.75, 3.05) is 19.7 Å². The van der Waals surface area contributed by atoms with E-state index in [9.17, 15) is 15.0 Å². The Balaban J connectivity index is 2.13. The minimum Gasteiger partial charge on any atom is -0.465 e. The Labute approximate surface area is 132 Å². The minimum atomic E-state index is -0.919. The number of hydrogen-bond acceptors (Lipinski definition) is 3. The number of aliphatic hydroxyl groups is 1. The second-order valence-electron chi connectivity index (χ2n) is 7.01. The number of benzene rings is 1. The molecule has 0 aliphatic carbocycles. The van der Waals surface area contributed by atoms with Crippen LogP contribution < -0.4 is 0 Å². The molecule has 22 heavy (non-hydrogen) atoms. The van der Waals surface area contributed by atoms with E-state index in [0.29, 0.717) is 6.54 Å². The molecule has 1 aromatic rings. The van der Waals surface area contributed by atoms with Crippen molar-refractivity contribution in [3.05, 3.63) is 35.9 Å². The third-order valence-electron chi connectivity index (χ3n) is 4.23. The first-order valence-electron chi connectivity index (χ1n) is 7.72. The maximum atomic E-state index is 11.7. The van der Waals surface area contributed by atoms with Crippen LogP contribution in [0.3, 0.4) is 0 Å². The Morgan fingerprint density at radius 2 is 1.91 bits per heavy atom. The van der Waals surface area contributed by atoms with Gasteiger partial charge < -0.3 is 10.2 Å². The van der Waals surface area contributed by atoms with Crippen molar-refractivity contribution in [3.8, 4) is 0 Å². The van der Waals surface area contributed by atoms with Crippen molar-refractivity contribution in [1.29, 1.82) is 0 Å². The highest BCUT2D eigenvalue weighted by molar-refractivity contribution is 5.66. The van der Waals surface area contributed by atoms with Gasteiger partial charge in [-0.3, -0.25) is 9.80 Å². The van der Waals surface area contributed by atoms with Gasteiger partial charge >= 0.3 is 6.09 Å². The van der Waals surface area contributed by atoms with Gasteiger partial charge in [0.05, 0.1) is 6.04 Å². The molecular weight excluding hydrogens is 280 g/mol. The molecule has 5 heteroatoms. The van der Waals surface area contributed by atoms with E-state index >= 15 is 0 Å². The highest BCUT2D eigenvalue weighted by Crippen LogP contribution is 2.29. The van der Waals surface area contributed by atoms with Crippen LogP contribution in [-0.4, -0.2) is 57.4 Å². The van der Waals surface area contributed by atoms with Gasteiger partial charge in [0.1, 0.15) is 0 Å². The third-order valence-corrected chi connectivity index (χ3v) is 4.23. The molecule has 0 radical (unpaired) electrons. The monoisotopic (exact) mass is 306 g/mol. The maximum absolute atomic E-state index is 11.7. The van der Waals surface area contributed by atoms with Crippen LogP contribution in [0.2, 0.25) is 0 Å². The molecule has 1 fully saturated rings. The van der Waals surface area contributed by atoms with Crippen LogP contribution in [-0.2, 0) is 6.54 Å². The van der Waals surface area contributed by atoms with E-state index in [4.69, 9.17) is 0 Å². The van der Waals surface area contributed by atoms with Gasteiger partial charge in [0.15, 0.2) is 0 Å². The lowest BCUT2D eigenvalue weighted by atomic mass is 9.97. The SMILES string of the molecule is CC(C)(C)N(C(=O)O)C1CN(Cc2ccccc2)CC1CO. The lowest BCUT2D eigenvalue weighted by Gasteiger charge is -2.39. The van der Waals surface area contributed by atoms with E-state index in [2.05, 4.69) is 17.0 Å². The molecule has 2 N–H and O–H groups in total. The lowest BCUT2D eigenvalue weighted by molar-refractivity contribution is 0.0502. The molecule has 1 aliphatic heterocycles. The number of carbonyl (C=O) groups is 1.